The molecule has 0 spiro atoms. The molecule has 0 aliphatic rings. The number of alkyl halides is 3. The minimum atomic E-state index is -4.68. The number of carboxylic acid groups (broad SMARTS) is 1. The summed E-state index contributed by atoms with van der Waals surface area (Å²) in [4.78, 5) is 28.5. The third-order valence-electron chi connectivity index (χ3n) is 2.67. The van der Waals surface area contributed by atoms with Crippen molar-refractivity contribution in [2.75, 3.05) is 0 Å². The Balaban J connectivity index is 2.76. The van der Waals surface area contributed by atoms with E-state index in [9.17, 15) is 22.8 Å². The van der Waals surface area contributed by atoms with Crippen LogP contribution in [-0.4, -0.2) is 33.0 Å². The summed E-state index contributed by atoms with van der Waals surface area (Å²) < 4.78 is 36.7. The van der Waals surface area contributed by atoms with Crippen LogP contribution in [-0.2, 0) is 11.0 Å². The molecule has 0 aliphatic carbocycles. The average molecular weight is 291 g/mol. The number of nitrogens with zero attached hydrogens (tertiary/aromatic N) is 2. The fourth-order valence-corrected chi connectivity index (χ4v) is 1.22. The molecule has 2 unspecified atom stereocenters. The van der Waals surface area contributed by atoms with Crippen molar-refractivity contribution in [2.24, 2.45) is 5.92 Å². The Kier molecular flexibility index (Phi) is 4.64. The Bertz CT molecular complexity index is 502. The number of carbonyl (C=O) groups excluding carboxylic acids is 1. The smallest absolute Gasteiger partial charge is 0.451 e. The van der Waals surface area contributed by atoms with Crippen molar-refractivity contribution in [3.8, 4) is 0 Å². The van der Waals surface area contributed by atoms with Crippen LogP contribution in [0.15, 0.2) is 12.4 Å². The van der Waals surface area contributed by atoms with Gasteiger partial charge in [0.1, 0.15) is 0 Å². The van der Waals surface area contributed by atoms with Gasteiger partial charge in [-0.1, -0.05) is 0 Å². The van der Waals surface area contributed by atoms with Crippen molar-refractivity contribution in [2.45, 2.75) is 26.1 Å². The van der Waals surface area contributed by atoms with Gasteiger partial charge in [-0.2, -0.15) is 13.2 Å². The monoisotopic (exact) mass is 291 g/mol. The molecule has 20 heavy (non-hydrogen) atoms. The minimum absolute atomic E-state index is 0.178. The van der Waals surface area contributed by atoms with Crippen LogP contribution >= 0.6 is 0 Å². The summed E-state index contributed by atoms with van der Waals surface area (Å²) in [6.07, 6.45) is -3.20. The molecule has 1 aromatic rings. The summed E-state index contributed by atoms with van der Waals surface area (Å²) in [6.45, 7) is 2.87. The van der Waals surface area contributed by atoms with Gasteiger partial charge in [0.05, 0.1) is 11.5 Å². The van der Waals surface area contributed by atoms with Gasteiger partial charge in [0.25, 0.3) is 5.91 Å². The Morgan fingerprint density at radius 2 is 1.75 bits per heavy atom. The van der Waals surface area contributed by atoms with Crippen LogP contribution in [0.4, 0.5) is 13.2 Å². The number of carboxylic acids is 1. The lowest BCUT2D eigenvalue weighted by Gasteiger charge is -2.17. The molecule has 0 saturated carbocycles. The first-order chi connectivity index (χ1) is 9.12. The number of aromatic nitrogens is 2. The molecule has 0 aliphatic heterocycles. The second-order valence-corrected chi connectivity index (χ2v) is 4.18. The van der Waals surface area contributed by atoms with E-state index in [0.717, 1.165) is 12.4 Å². The molecule has 0 aromatic carbocycles. The van der Waals surface area contributed by atoms with Gasteiger partial charge >= 0.3 is 12.1 Å². The van der Waals surface area contributed by atoms with Crippen LogP contribution in [0.1, 0.15) is 30.0 Å². The lowest BCUT2D eigenvalue weighted by atomic mass is 10.0. The molecule has 2 N–H and O–H groups in total. The topological polar surface area (TPSA) is 92.2 Å². The zero-order chi connectivity index (χ0) is 15.5. The summed E-state index contributed by atoms with van der Waals surface area (Å²) >= 11 is 0. The van der Waals surface area contributed by atoms with Gasteiger partial charge in [0.2, 0.25) is 5.82 Å². The number of hydrogen-bond acceptors (Lipinski definition) is 4. The highest BCUT2D eigenvalue weighted by atomic mass is 19.4. The fraction of sp³-hybridized carbons (Fsp3) is 0.455. The second-order valence-electron chi connectivity index (χ2n) is 4.18. The molecular weight excluding hydrogens is 279 g/mol. The van der Waals surface area contributed by atoms with E-state index in [-0.39, 0.29) is 5.56 Å². The zero-order valence-electron chi connectivity index (χ0n) is 10.6. The van der Waals surface area contributed by atoms with Gasteiger partial charge in [0.15, 0.2) is 0 Å². The van der Waals surface area contributed by atoms with E-state index >= 15 is 0 Å². The maximum absolute atomic E-state index is 12.2. The van der Waals surface area contributed by atoms with Crippen LogP contribution < -0.4 is 5.32 Å². The summed E-state index contributed by atoms with van der Waals surface area (Å²) in [5, 5.41) is 11.1. The second kappa shape index (κ2) is 5.85. The number of carbonyl (C=O) groups is 2. The summed E-state index contributed by atoms with van der Waals surface area (Å²) in [6, 6.07) is -0.692. The van der Waals surface area contributed by atoms with Crippen molar-refractivity contribution in [1.29, 1.82) is 0 Å². The molecule has 1 amide bonds. The molecule has 1 aromatic heterocycles. The molecule has 0 saturated heterocycles. The Morgan fingerprint density at radius 3 is 2.15 bits per heavy atom. The number of aliphatic carboxylic acids is 1. The van der Waals surface area contributed by atoms with Crippen LogP contribution in [0, 0.1) is 5.92 Å². The normalized spacial score (nSPS) is 14.4. The van der Waals surface area contributed by atoms with Crippen molar-refractivity contribution >= 4 is 11.9 Å². The van der Waals surface area contributed by atoms with Crippen molar-refractivity contribution in [3.63, 3.8) is 0 Å². The van der Waals surface area contributed by atoms with E-state index in [2.05, 4.69) is 15.3 Å². The highest BCUT2D eigenvalue weighted by Crippen LogP contribution is 2.25. The highest BCUT2D eigenvalue weighted by Gasteiger charge is 2.34. The third kappa shape index (κ3) is 3.90. The zero-order valence-corrected chi connectivity index (χ0v) is 10.6. The van der Waals surface area contributed by atoms with Gasteiger partial charge in [0, 0.05) is 18.4 Å². The van der Waals surface area contributed by atoms with E-state index in [1.165, 1.54) is 13.8 Å². The molecule has 0 bridgehead atoms. The Morgan fingerprint density at radius 1 is 1.25 bits per heavy atom. The predicted molar refractivity (Wildman–Crippen MR) is 60.8 cm³/mol. The fourth-order valence-electron chi connectivity index (χ4n) is 1.22. The van der Waals surface area contributed by atoms with Crippen LogP contribution in [0.3, 0.4) is 0 Å². The van der Waals surface area contributed by atoms with Gasteiger partial charge in [-0.05, 0) is 13.8 Å². The van der Waals surface area contributed by atoms with Crippen LogP contribution in [0.5, 0.6) is 0 Å². The number of amides is 1. The Hall–Kier alpha value is -2.19. The molecule has 1 rings (SSSR count). The molecule has 0 fully saturated rings. The van der Waals surface area contributed by atoms with E-state index in [0.29, 0.717) is 0 Å². The molecule has 6 nitrogen and oxygen atoms in total. The molecule has 110 valence electrons. The first kappa shape index (κ1) is 15.9. The third-order valence-corrected chi connectivity index (χ3v) is 2.67. The standard InChI is InChI=1S/C11H12F3N3O3/c1-5(9(19)20)6(2)17-8(18)7-3-15-10(16-4-7)11(12,13)14/h3-6H,1-2H3,(H,17,18)(H,19,20). The lowest BCUT2D eigenvalue weighted by Crippen LogP contribution is -2.40. The van der Waals surface area contributed by atoms with E-state index < -0.39 is 35.8 Å². The summed E-state index contributed by atoms with van der Waals surface area (Å²) in [7, 11) is 0. The molecule has 0 radical (unpaired) electrons. The largest absolute Gasteiger partial charge is 0.481 e. The quantitative estimate of drug-likeness (QED) is 0.873. The van der Waals surface area contributed by atoms with Gasteiger partial charge in [-0.25, -0.2) is 9.97 Å². The minimum Gasteiger partial charge on any atom is -0.481 e. The molecular formula is C11H12F3N3O3. The lowest BCUT2D eigenvalue weighted by molar-refractivity contribution is -0.145. The first-order valence-corrected chi connectivity index (χ1v) is 5.56. The van der Waals surface area contributed by atoms with Gasteiger partial charge in [-0.15, -0.1) is 0 Å². The molecule has 2 atom stereocenters. The number of nitrogens with one attached hydrogen (secondary N) is 1. The molecule has 9 heteroatoms. The number of halogens is 3. The van der Waals surface area contributed by atoms with E-state index in [1.807, 2.05) is 0 Å². The molecule has 1 heterocycles. The summed E-state index contributed by atoms with van der Waals surface area (Å²) in [5.41, 5.74) is -0.178. The van der Waals surface area contributed by atoms with Crippen LogP contribution in [0.25, 0.3) is 0 Å². The maximum atomic E-state index is 12.2. The van der Waals surface area contributed by atoms with Crippen molar-refractivity contribution in [3.05, 3.63) is 23.8 Å². The van der Waals surface area contributed by atoms with E-state index in [4.69, 9.17) is 5.11 Å². The first-order valence-electron chi connectivity index (χ1n) is 5.56. The highest BCUT2D eigenvalue weighted by molar-refractivity contribution is 5.94. The SMILES string of the molecule is CC(NC(=O)c1cnc(C(F)(F)F)nc1)C(C)C(=O)O. The van der Waals surface area contributed by atoms with E-state index in [1.54, 1.807) is 0 Å². The van der Waals surface area contributed by atoms with Crippen molar-refractivity contribution < 1.29 is 27.9 Å². The van der Waals surface area contributed by atoms with Crippen LogP contribution in [0.2, 0.25) is 0 Å². The average Bonchev–Trinajstić information content (AvgIpc) is 2.36. The Labute approximate surface area is 112 Å². The summed E-state index contributed by atoms with van der Waals surface area (Å²) in [5.74, 6) is -4.02. The number of rotatable bonds is 4. The van der Waals surface area contributed by atoms with Gasteiger partial charge < -0.3 is 10.4 Å². The van der Waals surface area contributed by atoms with Crippen molar-refractivity contribution in [1.82, 2.24) is 15.3 Å². The predicted octanol–water partition coefficient (Wildman–Crippen LogP) is 1.33. The van der Waals surface area contributed by atoms with Gasteiger partial charge in [-0.3, -0.25) is 9.59 Å². The number of hydrogen-bond donors (Lipinski definition) is 2. The maximum Gasteiger partial charge on any atom is 0.451 e.